The highest BCUT2D eigenvalue weighted by Gasteiger charge is 2.14. The third-order valence-electron chi connectivity index (χ3n) is 4.17. The van der Waals surface area contributed by atoms with Crippen LogP contribution in [0.3, 0.4) is 0 Å². The molecule has 1 heterocycles. The van der Waals surface area contributed by atoms with E-state index in [1.807, 2.05) is 60.8 Å². The summed E-state index contributed by atoms with van der Waals surface area (Å²) < 4.78 is 0. The molecule has 0 saturated heterocycles. The molecule has 26 heavy (non-hydrogen) atoms. The van der Waals surface area contributed by atoms with Gasteiger partial charge in [-0.1, -0.05) is 48.5 Å². The third kappa shape index (κ3) is 4.48. The highest BCUT2D eigenvalue weighted by Crippen LogP contribution is 2.21. The van der Waals surface area contributed by atoms with Crippen LogP contribution in [0.4, 0.5) is 11.4 Å². The van der Waals surface area contributed by atoms with Gasteiger partial charge in [0.15, 0.2) is 0 Å². The van der Waals surface area contributed by atoms with Crippen LogP contribution in [-0.2, 0) is 6.54 Å². The lowest BCUT2D eigenvalue weighted by atomic mass is 10.1. The zero-order valence-electron chi connectivity index (χ0n) is 15.1. The maximum atomic E-state index is 12.5. The van der Waals surface area contributed by atoms with Gasteiger partial charge < -0.3 is 10.2 Å². The van der Waals surface area contributed by atoms with Gasteiger partial charge in [-0.3, -0.25) is 9.78 Å². The summed E-state index contributed by atoms with van der Waals surface area (Å²) in [5.41, 5.74) is 3.47. The molecule has 1 aromatic heterocycles. The maximum Gasteiger partial charge on any atom is 0.257 e. The Bertz CT molecular complexity index is 848. The van der Waals surface area contributed by atoms with Gasteiger partial charge in [-0.05, 0) is 37.6 Å². The topological polar surface area (TPSA) is 45.2 Å². The molecular formula is C22H23N3O. The fourth-order valence-electron chi connectivity index (χ4n) is 2.79. The number of benzene rings is 2. The van der Waals surface area contributed by atoms with Gasteiger partial charge in [-0.25, -0.2) is 0 Å². The monoisotopic (exact) mass is 345 g/mol. The lowest BCUT2D eigenvalue weighted by molar-refractivity contribution is 0.102. The second-order valence-electron chi connectivity index (χ2n) is 6.46. The molecule has 0 aliphatic heterocycles. The summed E-state index contributed by atoms with van der Waals surface area (Å²) in [5, 5.41) is 2.91. The van der Waals surface area contributed by atoms with E-state index in [1.54, 1.807) is 6.20 Å². The predicted molar refractivity (Wildman–Crippen MR) is 106 cm³/mol. The quantitative estimate of drug-likeness (QED) is 0.701. The van der Waals surface area contributed by atoms with E-state index in [-0.39, 0.29) is 11.9 Å². The molecule has 4 heteroatoms. The average molecular weight is 345 g/mol. The Hall–Kier alpha value is -3.14. The van der Waals surface area contributed by atoms with Crippen LogP contribution >= 0.6 is 0 Å². The molecule has 0 spiro atoms. The fraction of sp³-hybridized carbons (Fsp3) is 0.182. The molecule has 0 unspecified atom stereocenters. The smallest absolute Gasteiger partial charge is 0.257 e. The molecule has 132 valence electrons. The molecule has 0 bridgehead atoms. The van der Waals surface area contributed by atoms with Crippen molar-refractivity contribution in [1.29, 1.82) is 0 Å². The van der Waals surface area contributed by atoms with Crippen molar-refractivity contribution in [3.05, 3.63) is 90.3 Å². The molecule has 1 amide bonds. The molecule has 3 aromatic rings. The maximum absolute atomic E-state index is 12.5. The number of anilines is 2. The van der Waals surface area contributed by atoms with Crippen LogP contribution in [0.1, 0.15) is 29.8 Å². The number of aromatic nitrogens is 1. The number of carbonyl (C=O) groups is 1. The normalized spacial score (nSPS) is 10.6. The first-order valence-corrected chi connectivity index (χ1v) is 8.75. The van der Waals surface area contributed by atoms with Crippen molar-refractivity contribution in [1.82, 2.24) is 4.98 Å². The second-order valence-corrected chi connectivity index (χ2v) is 6.46. The number of carbonyl (C=O) groups excluding carboxylic acids is 1. The van der Waals surface area contributed by atoms with Crippen LogP contribution in [0.5, 0.6) is 0 Å². The fourth-order valence-corrected chi connectivity index (χ4v) is 2.79. The number of pyridine rings is 1. The first-order valence-electron chi connectivity index (χ1n) is 8.75. The van der Waals surface area contributed by atoms with Gasteiger partial charge in [0.1, 0.15) is 0 Å². The van der Waals surface area contributed by atoms with Crippen molar-refractivity contribution in [3.8, 4) is 0 Å². The van der Waals surface area contributed by atoms with E-state index in [4.69, 9.17) is 0 Å². The number of hydrogen-bond acceptors (Lipinski definition) is 3. The number of hydrogen-bond donors (Lipinski definition) is 1. The van der Waals surface area contributed by atoms with Gasteiger partial charge >= 0.3 is 0 Å². The number of nitrogens with zero attached hydrogens (tertiary/aromatic N) is 2. The molecule has 1 N–H and O–H groups in total. The minimum atomic E-state index is -0.158. The van der Waals surface area contributed by atoms with Crippen LogP contribution in [0.15, 0.2) is 79.1 Å². The predicted octanol–water partition coefficient (Wildman–Crippen LogP) is 4.75. The van der Waals surface area contributed by atoms with Gasteiger partial charge in [-0.15, -0.1) is 0 Å². The molecule has 0 aliphatic rings. The summed E-state index contributed by atoms with van der Waals surface area (Å²) in [7, 11) is 0. The summed E-state index contributed by atoms with van der Waals surface area (Å²) in [5.74, 6) is -0.158. The highest BCUT2D eigenvalue weighted by atomic mass is 16.1. The van der Waals surface area contributed by atoms with E-state index in [1.165, 1.54) is 5.56 Å². The Morgan fingerprint density at radius 1 is 1.00 bits per heavy atom. The van der Waals surface area contributed by atoms with Crippen molar-refractivity contribution in [3.63, 3.8) is 0 Å². The second kappa shape index (κ2) is 8.30. The van der Waals surface area contributed by atoms with Crippen molar-refractivity contribution in [2.45, 2.75) is 26.4 Å². The van der Waals surface area contributed by atoms with Gasteiger partial charge in [-0.2, -0.15) is 0 Å². The van der Waals surface area contributed by atoms with Crippen molar-refractivity contribution in [2.24, 2.45) is 0 Å². The first-order chi connectivity index (χ1) is 12.6. The van der Waals surface area contributed by atoms with Crippen LogP contribution in [0.25, 0.3) is 0 Å². The van der Waals surface area contributed by atoms with E-state index in [0.717, 1.165) is 17.9 Å². The molecule has 4 nitrogen and oxygen atoms in total. The van der Waals surface area contributed by atoms with Crippen LogP contribution in [0.2, 0.25) is 0 Å². The van der Waals surface area contributed by atoms with Gasteiger partial charge in [0.25, 0.3) is 5.91 Å². The first kappa shape index (κ1) is 17.7. The average Bonchev–Trinajstić information content (AvgIpc) is 2.67. The molecule has 2 aromatic carbocycles. The number of nitrogens with one attached hydrogen (secondary N) is 1. The lowest BCUT2D eigenvalue weighted by Gasteiger charge is -2.29. The summed E-state index contributed by atoms with van der Waals surface area (Å²) >= 11 is 0. The zero-order chi connectivity index (χ0) is 18.4. The van der Waals surface area contributed by atoms with Crippen LogP contribution in [0, 0.1) is 0 Å². The summed E-state index contributed by atoms with van der Waals surface area (Å²) in [6, 6.07) is 21.9. The Morgan fingerprint density at radius 3 is 2.31 bits per heavy atom. The molecule has 0 aliphatic carbocycles. The van der Waals surface area contributed by atoms with Gasteiger partial charge in [0, 0.05) is 24.5 Å². The van der Waals surface area contributed by atoms with Crippen molar-refractivity contribution < 1.29 is 4.79 Å². The molecule has 3 rings (SSSR count). The minimum absolute atomic E-state index is 0.158. The lowest BCUT2D eigenvalue weighted by Crippen LogP contribution is -2.30. The largest absolute Gasteiger partial charge is 0.364 e. The zero-order valence-corrected chi connectivity index (χ0v) is 15.1. The van der Waals surface area contributed by atoms with Gasteiger partial charge in [0.2, 0.25) is 0 Å². The van der Waals surface area contributed by atoms with Crippen LogP contribution in [-0.4, -0.2) is 16.9 Å². The van der Waals surface area contributed by atoms with Gasteiger partial charge in [0.05, 0.1) is 17.4 Å². The highest BCUT2D eigenvalue weighted by molar-refractivity contribution is 6.04. The van der Waals surface area contributed by atoms with Crippen molar-refractivity contribution >= 4 is 17.3 Å². The van der Waals surface area contributed by atoms with Crippen molar-refractivity contribution in [2.75, 3.05) is 10.2 Å². The Balaban J connectivity index is 1.81. The number of para-hydroxylation sites is 1. The Kier molecular flexibility index (Phi) is 5.64. The standard InChI is InChI=1S/C22H23N3O/c1-17(2)25(16-18-9-5-3-6-10-18)21-13-19(14-23-15-21)22(26)24-20-11-7-4-8-12-20/h3-15,17H,16H2,1-2H3,(H,24,26). The minimum Gasteiger partial charge on any atom is -0.364 e. The molecule has 0 saturated carbocycles. The number of rotatable bonds is 6. The molecule has 0 fully saturated rings. The Morgan fingerprint density at radius 2 is 1.65 bits per heavy atom. The molecule has 0 atom stereocenters. The molecular weight excluding hydrogens is 322 g/mol. The van der Waals surface area contributed by atoms with E-state index in [2.05, 4.69) is 41.2 Å². The van der Waals surface area contributed by atoms with E-state index >= 15 is 0 Å². The van der Waals surface area contributed by atoms with E-state index in [9.17, 15) is 4.79 Å². The Labute approximate surface area is 154 Å². The van der Waals surface area contributed by atoms with E-state index < -0.39 is 0 Å². The molecule has 0 radical (unpaired) electrons. The SMILES string of the molecule is CC(C)N(Cc1ccccc1)c1cncc(C(=O)Nc2ccccc2)c1. The third-order valence-corrected chi connectivity index (χ3v) is 4.17. The summed E-state index contributed by atoms with van der Waals surface area (Å²) in [6.07, 6.45) is 3.41. The van der Waals surface area contributed by atoms with Crippen LogP contribution < -0.4 is 10.2 Å². The summed E-state index contributed by atoms with van der Waals surface area (Å²) in [4.78, 5) is 19.1. The number of amides is 1. The summed E-state index contributed by atoms with van der Waals surface area (Å²) in [6.45, 7) is 5.04. The van der Waals surface area contributed by atoms with E-state index in [0.29, 0.717) is 5.56 Å².